The van der Waals surface area contributed by atoms with Crippen LogP contribution in [0.3, 0.4) is 0 Å². The van der Waals surface area contributed by atoms with Crippen LogP contribution in [-0.2, 0) is 9.63 Å². The van der Waals surface area contributed by atoms with Gasteiger partial charge in [0.15, 0.2) is 11.4 Å². The van der Waals surface area contributed by atoms with Gasteiger partial charge in [0.25, 0.3) is 11.8 Å². The van der Waals surface area contributed by atoms with Gasteiger partial charge in [-0.1, -0.05) is 28.6 Å². The highest BCUT2D eigenvalue weighted by Crippen LogP contribution is 2.28. The molecule has 0 atom stereocenters. The van der Waals surface area contributed by atoms with Crippen molar-refractivity contribution in [2.75, 3.05) is 37.5 Å². The van der Waals surface area contributed by atoms with Gasteiger partial charge >= 0.3 is 0 Å². The molecule has 256 valence electrons. The molecule has 4 aromatic rings. The van der Waals surface area contributed by atoms with E-state index < -0.39 is 5.91 Å². The Labute approximate surface area is 290 Å². The number of rotatable bonds is 11. The second-order valence-corrected chi connectivity index (χ2v) is 13.7. The molecular formula is C36H43N9O3S. The summed E-state index contributed by atoms with van der Waals surface area (Å²) >= 11 is 1.34. The lowest BCUT2D eigenvalue weighted by molar-refractivity contribution is -0.125. The number of benzene rings is 2. The monoisotopic (exact) mass is 681 g/mol. The molecule has 12 nitrogen and oxygen atoms in total. The first kappa shape index (κ1) is 35.2. The average Bonchev–Trinajstić information content (AvgIpc) is 3.42. The molecule has 1 saturated carbocycles. The second kappa shape index (κ2) is 15.9. The molecule has 2 aromatic heterocycles. The van der Waals surface area contributed by atoms with Crippen molar-refractivity contribution in [1.29, 1.82) is 5.26 Å². The van der Waals surface area contributed by atoms with Crippen LogP contribution in [0.15, 0.2) is 58.7 Å². The van der Waals surface area contributed by atoms with Gasteiger partial charge in [0.1, 0.15) is 5.82 Å². The number of nitrogens with one attached hydrogen (secondary N) is 2. The van der Waals surface area contributed by atoms with Crippen molar-refractivity contribution in [2.45, 2.75) is 65.5 Å². The fourth-order valence-corrected chi connectivity index (χ4v) is 7.21. The Morgan fingerprint density at radius 3 is 2.49 bits per heavy atom. The summed E-state index contributed by atoms with van der Waals surface area (Å²) in [7, 11) is 3.98. The number of oxime groups is 1. The third-order valence-corrected chi connectivity index (χ3v) is 9.83. The van der Waals surface area contributed by atoms with Crippen LogP contribution in [0, 0.1) is 24.2 Å². The number of nitrogens with zero attached hydrogens (tertiary/aromatic N) is 7. The van der Waals surface area contributed by atoms with Gasteiger partial charge in [-0.25, -0.2) is 4.98 Å². The number of amides is 2. The fourth-order valence-electron chi connectivity index (χ4n) is 6.02. The predicted octanol–water partition coefficient (Wildman–Crippen LogP) is 5.59. The Balaban J connectivity index is 1.11. The number of anilines is 2. The van der Waals surface area contributed by atoms with Gasteiger partial charge in [-0.05, 0) is 95.7 Å². The second-order valence-electron chi connectivity index (χ2n) is 12.8. The summed E-state index contributed by atoms with van der Waals surface area (Å²) in [5.41, 5.74) is 3.29. The summed E-state index contributed by atoms with van der Waals surface area (Å²) in [6.45, 7) is 8.19. The number of hydrogen-bond acceptors (Lipinski definition) is 10. The summed E-state index contributed by atoms with van der Waals surface area (Å²) in [6, 6.07) is 16.8. The Morgan fingerprint density at radius 1 is 1.10 bits per heavy atom. The number of thiazole rings is 1. The summed E-state index contributed by atoms with van der Waals surface area (Å²) in [6.07, 6.45) is 3.91. The zero-order chi connectivity index (χ0) is 35.1. The lowest BCUT2D eigenvalue weighted by Crippen LogP contribution is -2.35. The third kappa shape index (κ3) is 8.69. The Hall–Kier alpha value is -5.09. The van der Waals surface area contributed by atoms with Gasteiger partial charge < -0.3 is 24.9 Å². The van der Waals surface area contributed by atoms with Crippen LogP contribution in [0.4, 0.5) is 11.8 Å². The highest BCUT2D eigenvalue weighted by Gasteiger charge is 2.23. The van der Waals surface area contributed by atoms with Crippen LogP contribution < -0.4 is 20.3 Å². The molecule has 2 heterocycles. The fraction of sp³-hybridized carbons (Fsp3) is 0.417. The third-order valence-electron chi connectivity index (χ3n) is 8.56. The molecule has 0 radical (unpaired) electrons. The molecule has 0 aliphatic heterocycles. The zero-order valence-electron chi connectivity index (χ0n) is 28.9. The molecule has 1 fully saturated rings. The van der Waals surface area contributed by atoms with Crippen LogP contribution in [-0.4, -0.2) is 65.3 Å². The summed E-state index contributed by atoms with van der Waals surface area (Å²) in [5, 5.41) is 20.8. The molecule has 0 spiro atoms. The smallest absolute Gasteiger partial charge is 0.279 e. The van der Waals surface area contributed by atoms with Gasteiger partial charge in [-0.3, -0.25) is 9.59 Å². The number of hydrogen-bond donors (Lipinski definition) is 2. The maximum absolute atomic E-state index is 12.9. The lowest BCUT2D eigenvalue weighted by Gasteiger charge is -2.29. The lowest BCUT2D eigenvalue weighted by atomic mass is 9.86. The zero-order valence-corrected chi connectivity index (χ0v) is 29.7. The van der Waals surface area contributed by atoms with E-state index in [2.05, 4.69) is 26.9 Å². The molecule has 0 unspecified atom stereocenters. The molecule has 2 aromatic carbocycles. The number of nitriles is 1. The summed E-state index contributed by atoms with van der Waals surface area (Å²) < 4.78 is 1.98. The van der Waals surface area contributed by atoms with Crippen molar-refractivity contribution < 1.29 is 14.4 Å². The largest absolute Gasteiger partial charge is 0.385 e. The standard InChI is InChI=1S/C36H43N9O3S/c1-22(2)45-24(4)32(49-36(45)42-34(47)27-15-11-25(19-37)12-16-27)23(3)43-48-21-31(46)38-20-26-13-17-28(18-14-26)39-35-40-30-10-8-7-9-29(30)33(41-35)44(5)6/h7-12,15-16,22,26,28H,13-14,17-18,20-21H2,1-6H3,(H,38,46)(H,39,40,41)/b42-36+,43-23+/t26-,28+. The molecular weight excluding hydrogens is 639 g/mol. The van der Waals surface area contributed by atoms with Crippen molar-refractivity contribution in [2.24, 2.45) is 16.1 Å². The van der Waals surface area contributed by atoms with Gasteiger partial charge in [0.05, 0.1) is 27.7 Å². The minimum Gasteiger partial charge on any atom is -0.385 e. The molecule has 0 bridgehead atoms. The molecule has 2 N–H and O–H groups in total. The van der Waals surface area contributed by atoms with E-state index >= 15 is 0 Å². The molecule has 49 heavy (non-hydrogen) atoms. The van der Waals surface area contributed by atoms with E-state index in [0.717, 1.165) is 53.0 Å². The SMILES string of the molecule is C/C(=N\OCC(=O)NC[C@H]1CC[C@@H](Nc2nc(N(C)C)c3ccccc3n2)CC1)c1s/c(=N/C(=O)c2ccc(C#N)cc2)n(C(C)C)c1C. The van der Waals surface area contributed by atoms with Crippen LogP contribution in [0.2, 0.25) is 0 Å². The van der Waals surface area contributed by atoms with E-state index in [1.165, 1.54) is 11.3 Å². The summed E-state index contributed by atoms with van der Waals surface area (Å²) in [4.78, 5) is 48.2. The van der Waals surface area contributed by atoms with Crippen molar-refractivity contribution in [3.8, 4) is 6.07 Å². The Bertz CT molecular complexity index is 1950. The molecule has 1 aliphatic rings. The molecule has 13 heteroatoms. The maximum atomic E-state index is 12.9. The maximum Gasteiger partial charge on any atom is 0.279 e. The van der Waals surface area contributed by atoms with Gasteiger partial charge in [0, 0.05) is 49.4 Å². The number of para-hydroxylation sites is 1. The minimum absolute atomic E-state index is 0.0470. The van der Waals surface area contributed by atoms with E-state index in [9.17, 15) is 9.59 Å². The van der Waals surface area contributed by atoms with Crippen molar-refractivity contribution in [3.05, 3.63) is 75.0 Å². The van der Waals surface area contributed by atoms with Crippen molar-refractivity contribution in [1.82, 2.24) is 19.9 Å². The average molecular weight is 682 g/mol. The van der Waals surface area contributed by atoms with Crippen LogP contribution in [0.1, 0.15) is 79.0 Å². The molecule has 1 aliphatic carbocycles. The van der Waals surface area contributed by atoms with Gasteiger partial charge in [-0.2, -0.15) is 15.2 Å². The van der Waals surface area contributed by atoms with Gasteiger partial charge in [-0.15, -0.1) is 0 Å². The topological polar surface area (TPSA) is 150 Å². The number of fused-ring (bicyclic) bond motifs is 1. The Morgan fingerprint density at radius 2 is 1.82 bits per heavy atom. The van der Waals surface area contributed by atoms with Crippen molar-refractivity contribution >= 4 is 51.5 Å². The molecule has 0 saturated heterocycles. The first-order valence-electron chi connectivity index (χ1n) is 16.5. The van der Waals surface area contributed by atoms with E-state index in [4.69, 9.17) is 20.1 Å². The molecule has 2 amide bonds. The highest BCUT2D eigenvalue weighted by molar-refractivity contribution is 7.11. The van der Waals surface area contributed by atoms with Gasteiger partial charge in [0.2, 0.25) is 5.95 Å². The first-order chi connectivity index (χ1) is 23.5. The van der Waals surface area contributed by atoms with Crippen LogP contribution in [0.5, 0.6) is 0 Å². The van der Waals surface area contributed by atoms with E-state index in [-0.39, 0.29) is 24.6 Å². The number of carbonyl (C=O) groups is 2. The van der Waals surface area contributed by atoms with Crippen LogP contribution >= 0.6 is 11.3 Å². The highest BCUT2D eigenvalue weighted by atomic mass is 32.1. The van der Waals surface area contributed by atoms with Crippen LogP contribution in [0.25, 0.3) is 10.9 Å². The first-order valence-corrected chi connectivity index (χ1v) is 17.3. The normalized spacial score (nSPS) is 16.8. The quantitative estimate of drug-likeness (QED) is 0.154. The Kier molecular flexibility index (Phi) is 11.4. The predicted molar refractivity (Wildman–Crippen MR) is 193 cm³/mol. The number of aromatic nitrogens is 3. The number of carbonyl (C=O) groups excluding carboxylic acids is 2. The van der Waals surface area contributed by atoms with E-state index in [1.807, 2.05) is 75.5 Å². The van der Waals surface area contributed by atoms with E-state index in [0.29, 0.717) is 40.1 Å². The van der Waals surface area contributed by atoms with E-state index in [1.54, 1.807) is 24.3 Å². The summed E-state index contributed by atoms with van der Waals surface area (Å²) in [5.74, 6) is 1.31. The molecule has 5 rings (SSSR count). The minimum atomic E-state index is -0.392. The van der Waals surface area contributed by atoms with Crippen molar-refractivity contribution in [3.63, 3.8) is 0 Å².